The van der Waals surface area contributed by atoms with E-state index in [1.165, 1.54) is 0 Å². The number of nitrogens with one attached hydrogen (secondary N) is 2. The van der Waals surface area contributed by atoms with E-state index in [0.29, 0.717) is 6.04 Å². The largest absolute Gasteiger partial charge is 0.335 e. The Morgan fingerprint density at radius 1 is 1.67 bits per heavy atom. The average molecular weight is 225 g/mol. The van der Waals surface area contributed by atoms with Crippen LogP contribution in [0.3, 0.4) is 0 Å². The van der Waals surface area contributed by atoms with Gasteiger partial charge in [-0.1, -0.05) is 0 Å². The molecule has 0 aliphatic heterocycles. The molecule has 1 aromatic heterocycles. The summed E-state index contributed by atoms with van der Waals surface area (Å²) in [4.78, 5) is 15.8. The molecular weight excluding hydrogens is 210 g/mol. The van der Waals surface area contributed by atoms with E-state index in [9.17, 15) is 4.79 Å². The highest BCUT2D eigenvalue weighted by atomic mass is 32.1. The van der Waals surface area contributed by atoms with E-state index in [4.69, 9.17) is 0 Å². The van der Waals surface area contributed by atoms with Gasteiger partial charge in [-0.15, -0.1) is 11.3 Å². The van der Waals surface area contributed by atoms with Crippen molar-refractivity contribution in [1.82, 2.24) is 15.6 Å². The van der Waals surface area contributed by atoms with Crippen LogP contribution in [0.4, 0.5) is 4.79 Å². The van der Waals surface area contributed by atoms with Crippen LogP contribution in [0, 0.1) is 6.92 Å². The van der Waals surface area contributed by atoms with E-state index >= 15 is 0 Å². The van der Waals surface area contributed by atoms with Gasteiger partial charge in [-0.25, -0.2) is 9.78 Å². The van der Waals surface area contributed by atoms with Gasteiger partial charge in [-0.2, -0.15) is 0 Å². The second-order valence-electron chi connectivity index (χ2n) is 3.94. The van der Waals surface area contributed by atoms with Gasteiger partial charge in [0, 0.05) is 17.1 Å². The summed E-state index contributed by atoms with van der Waals surface area (Å²) < 4.78 is 0. The molecule has 0 bridgehead atoms. The van der Waals surface area contributed by atoms with Gasteiger partial charge in [-0.3, -0.25) is 0 Å². The number of rotatable bonds is 3. The highest BCUT2D eigenvalue weighted by Crippen LogP contribution is 2.20. The number of carbonyl (C=O) groups is 1. The molecule has 1 atom stereocenters. The summed E-state index contributed by atoms with van der Waals surface area (Å²) in [6.07, 6.45) is 2.22. The summed E-state index contributed by atoms with van der Waals surface area (Å²) >= 11 is 1.58. The summed E-state index contributed by atoms with van der Waals surface area (Å²) in [7, 11) is 0. The second-order valence-corrected chi connectivity index (χ2v) is 4.83. The molecule has 2 N–H and O–H groups in total. The topological polar surface area (TPSA) is 54.0 Å². The third-order valence-corrected chi connectivity index (χ3v) is 3.41. The molecule has 1 saturated carbocycles. The molecule has 1 aromatic rings. The third kappa shape index (κ3) is 2.92. The maximum absolute atomic E-state index is 11.4. The first-order chi connectivity index (χ1) is 7.15. The fraction of sp³-hybridized carbons (Fsp3) is 0.600. The molecule has 4 nitrogen and oxygen atoms in total. The fourth-order valence-electron chi connectivity index (χ4n) is 1.28. The molecule has 1 aliphatic rings. The van der Waals surface area contributed by atoms with Crippen molar-refractivity contribution < 1.29 is 4.79 Å². The molecule has 1 aliphatic carbocycles. The fourth-order valence-corrected chi connectivity index (χ4v) is 2.09. The lowest BCUT2D eigenvalue weighted by molar-refractivity contribution is 0.237. The molecule has 2 rings (SSSR count). The predicted molar refractivity (Wildman–Crippen MR) is 60.0 cm³/mol. The van der Waals surface area contributed by atoms with Gasteiger partial charge in [0.2, 0.25) is 0 Å². The van der Waals surface area contributed by atoms with E-state index < -0.39 is 0 Å². The van der Waals surface area contributed by atoms with Gasteiger partial charge in [0.15, 0.2) is 0 Å². The zero-order valence-corrected chi connectivity index (χ0v) is 9.73. The second kappa shape index (κ2) is 4.18. The van der Waals surface area contributed by atoms with E-state index in [1.807, 2.05) is 19.2 Å². The number of hydrogen-bond donors (Lipinski definition) is 2. The minimum absolute atomic E-state index is 0.0116. The lowest BCUT2D eigenvalue weighted by atomic mass is 10.3. The lowest BCUT2D eigenvalue weighted by Crippen LogP contribution is -2.38. The van der Waals surface area contributed by atoms with Crippen molar-refractivity contribution in [2.24, 2.45) is 0 Å². The lowest BCUT2D eigenvalue weighted by Gasteiger charge is -2.11. The van der Waals surface area contributed by atoms with Crippen LogP contribution in [0.5, 0.6) is 0 Å². The molecule has 0 aromatic carbocycles. The number of aryl methyl sites for hydroxylation is 1. The standard InChI is InChI=1S/C10H15N3OS/c1-6-5-15-9(11-6)7(2)12-10(14)13-8-3-4-8/h5,7-8H,3-4H2,1-2H3,(H2,12,13,14). The zero-order valence-electron chi connectivity index (χ0n) is 8.91. The summed E-state index contributed by atoms with van der Waals surface area (Å²) in [5, 5.41) is 8.72. The van der Waals surface area contributed by atoms with Crippen LogP contribution in [0.1, 0.15) is 36.5 Å². The number of urea groups is 1. The first kappa shape index (κ1) is 10.4. The summed E-state index contributed by atoms with van der Waals surface area (Å²) in [5.74, 6) is 0. The molecule has 0 saturated heterocycles. The van der Waals surface area contributed by atoms with Gasteiger partial charge >= 0.3 is 6.03 Å². The van der Waals surface area contributed by atoms with Crippen molar-refractivity contribution in [1.29, 1.82) is 0 Å². The maximum atomic E-state index is 11.4. The van der Waals surface area contributed by atoms with Crippen LogP contribution in [0.15, 0.2) is 5.38 Å². The number of carbonyl (C=O) groups excluding carboxylic acids is 1. The van der Waals surface area contributed by atoms with Gasteiger partial charge in [0.05, 0.1) is 6.04 Å². The number of amides is 2. The van der Waals surface area contributed by atoms with Crippen LogP contribution in [-0.2, 0) is 0 Å². The Balaban J connectivity index is 1.85. The molecule has 0 radical (unpaired) electrons. The van der Waals surface area contributed by atoms with E-state index in [-0.39, 0.29) is 12.1 Å². The van der Waals surface area contributed by atoms with Crippen LogP contribution >= 0.6 is 11.3 Å². The molecule has 5 heteroatoms. The number of aromatic nitrogens is 1. The number of hydrogen-bond acceptors (Lipinski definition) is 3. The Labute approximate surface area is 93.1 Å². The Hall–Kier alpha value is -1.10. The van der Waals surface area contributed by atoms with Gasteiger partial charge in [-0.05, 0) is 26.7 Å². The Morgan fingerprint density at radius 2 is 2.40 bits per heavy atom. The maximum Gasteiger partial charge on any atom is 0.315 e. The van der Waals surface area contributed by atoms with Crippen LogP contribution in [0.25, 0.3) is 0 Å². The Bertz CT molecular complexity index is 359. The van der Waals surface area contributed by atoms with Crippen molar-refractivity contribution >= 4 is 17.4 Å². The minimum atomic E-state index is -0.0853. The van der Waals surface area contributed by atoms with Crippen molar-refractivity contribution in [2.45, 2.75) is 38.8 Å². The number of thiazole rings is 1. The predicted octanol–water partition coefficient (Wildman–Crippen LogP) is 1.97. The quantitative estimate of drug-likeness (QED) is 0.826. The smallest absolute Gasteiger partial charge is 0.315 e. The van der Waals surface area contributed by atoms with E-state index in [1.54, 1.807) is 11.3 Å². The number of nitrogens with zero attached hydrogens (tertiary/aromatic N) is 1. The third-order valence-electron chi connectivity index (χ3n) is 2.27. The van der Waals surface area contributed by atoms with Crippen molar-refractivity contribution in [3.05, 3.63) is 16.1 Å². The molecule has 1 fully saturated rings. The van der Waals surface area contributed by atoms with Crippen LogP contribution < -0.4 is 10.6 Å². The molecule has 15 heavy (non-hydrogen) atoms. The first-order valence-electron chi connectivity index (χ1n) is 5.14. The van der Waals surface area contributed by atoms with E-state index in [0.717, 1.165) is 23.5 Å². The Morgan fingerprint density at radius 3 is 2.93 bits per heavy atom. The molecule has 1 heterocycles. The van der Waals surface area contributed by atoms with Crippen molar-refractivity contribution in [3.63, 3.8) is 0 Å². The molecule has 1 unspecified atom stereocenters. The zero-order chi connectivity index (χ0) is 10.8. The molecule has 0 spiro atoms. The molecule has 2 amide bonds. The SMILES string of the molecule is Cc1csc(C(C)NC(=O)NC2CC2)n1. The van der Waals surface area contributed by atoms with Gasteiger partial charge < -0.3 is 10.6 Å². The van der Waals surface area contributed by atoms with E-state index in [2.05, 4.69) is 15.6 Å². The summed E-state index contributed by atoms with van der Waals surface area (Å²) in [6, 6.07) is 0.301. The summed E-state index contributed by atoms with van der Waals surface area (Å²) in [6.45, 7) is 3.90. The van der Waals surface area contributed by atoms with Crippen LogP contribution in [-0.4, -0.2) is 17.1 Å². The normalized spacial score (nSPS) is 17.2. The highest BCUT2D eigenvalue weighted by Gasteiger charge is 2.24. The Kier molecular flexibility index (Phi) is 2.90. The first-order valence-corrected chi connectivity index (χ1v) is 6.02. The van der Waals surface area contributed by atoms with Crippen LogP contribution in [0.2, 0.25) is 0 Å². The monoisotopic (exact) mass is 225 g/mol. The van der Waals surface area contributed by atoms with Gasteiger partial charge in [0.25, 0.3) is 0 Å². The molecular formula is C10H15N3OS. The molecule has 82 valence electrons. The van der Waals surface area contributed by atoms with Crippen molar-refractivity contribution in [2.75, 3.05) is 0 Å². The van der Waals surface area contributed by atoms with Crippen molar-refractivity contribution in [3.8, 4) is 0 Å². The average Bonchev–Trinajstić information content (AvgIpc) is 2.85. The highest BCUT2D eigenvalue weighted by molar-refractivity contribution is 7.09. The minimum Gasteiger partial charge on any atom is -0.335 e. The summed E-state index contributed by atoms with van der Waals surface area (Å²) in [5.41, 5.74) is 1.01. The van der Waals surface area contributed by atoms with Gasteiger partial charge in [0.1, 0.15) is 5.01 Å².